The number of hydrogen-bond donors (Lipinski definition) is 1. The summed E-state index contributed by atoms with van der Waals surface area (Å²) >= 11 is 0. The average Bonchev–Trinajstić information content (AvgIpc) is 2.38. The summed E-state index contributed by atoms with van der Waals surface area (Å²) in [6.07, 6.45) is 0. The summed E-state index contributed by atoms with van der Waals surface area (Å²) < 4.78 is 10.4. The minimum atomic E-state index is -0.779. The number of nitrogens with zero attached hydrogens (tertiary/aromatic N) is 1. The summed E-state index contributed by atoms with van der Waals surface area (Å²) in [6.45, 7) is 2.87. The second kappa shape index (κ2) is 6.99. The lowest BCUT2D eigenvalue weighted by Gasteiger charge is -2.19. The standard InChI is InChI=1S/C14H21NO4/c1-10(14(16)17)8-15(2)9-11-5-6-12(18-3)13(7-11)19-4/h5-7,10H,8-9H2,1-4H3,(H,16,17). The van der Waals surface area contributed by atoms with Crippen molar-refractivity contribution in [3.63, 3.8) is 0 Å². The molecule has 0 aromatic heterocycles. The number of carbonyl (C=O) groups is 1. The zero-order valence-corrected chi connectivity index (χ0v) is 11.8. The second-order valence-corrected chi connectivity index (χ2v) is 4.63. The Morgan fingerprint density at radius 2 is 1.95 bits per heavy atom. The van der Waals surface area contributed by atoms with Crippen molar-refractivity contribution < 1.29 is 19.4 Å². The number of hydrogen-bond acceptors (Lipinski definition) is 4. The highest BCUT2D eigenvalue weighted by Gasteiger charge is 2.14. The van der Waals surface area contributed by atoms with Crippen molar-refractivity contribution >= 4 is 5.97 Å². The number of carboxylic acids is 1. The van der Waals surface area contributed by atoms with E-state index < -0.39 is 5.97 Å². The third-order valence-corrected chi connectivity index (χ3v) is 2.91. The van der Waals surface area contributed by atoms with Gasteiger partial charge in [-0.25, -0.2) is 0 Å². The van der Waals surface area contributed by atoms with Crippen LogP contribution in [-0.4, -0.2) is 43.8 Å². The second-order valence-electron chi connectivity index (χ2n) is 4.63. The number of ether oxygens (including phenoxy) is 2. The van der Waals surface area contributed by atoms with E-state index in [0.29, 0.717) is 24.6 Å². The molecule has 19 heavy (non-hydrogen) atoms. The number of methoxy groups -OCH3 is 2. The molecular formula is C14H21NO4. The highest BCUT2D eigenvalue weighted by atomic mass is 16.5. The Hall–Kier alpha value is -1.75. The van der Waals surface area contributed by atoms with Gasteiger partial charge < -0.3 is 19.5 Å². The Morgan fingerprint density at radius 3 is 2.47 bits per heavy atom. The molecule has 0 aliphatic rings. The summed E-state index contributed by atoms with van der Waals surface area (Å²) in [4.78, 5) is 12.8. The maximum atomic E-state index is 10.8. The van der Waals surface area contributed by atoms with Gasteiger partial charge in [-0.2, -0.15) is 0 Å². The molecule has 0 spiro atoms. The van der Waals surface area contributed by atoms with Gasteiger partial charge in [0.15, 0.2) is 11.5 Å². The van der Waals surface area contributed by atoms with E-state index in [0.717, 1.165) is 5.56 Å². The molecule has 0 aliphatic carbocycles. The van der Waals surface area contributed by atoms with E-state index in [-0.39, 0.29) is 5.92 Å². The van der Waals surface area contributed by atoms with E-state index in [4.69, 9.17) is 14.6 Å². The third-order valence-electron chi connectivity index (χ3n) is 2.91. The molecule has 1 unspecified atom stereocenters. The van der Waals surface area contributed by atoms with Crippen molar-refractivity contribution in [1.82, 2.24) is 4.90 Å². The van der Waals surface area contributed by atoms with E-state index in [1.54, 1.807) is 21.1 Å². The summed E-state index contributed by atoms with van der Waals surface area (Å²) in [7, 11) is 5.09. The first-order valence-electron chi connectivity index (χ1n) is 6.10. The quantitative estimate of drug-likeness (QED) is 0.817. The van der Waals surface area contributed by atoms with Crippen LogP contribution in [0.15, 0.2) is 18.2 Å². The molecule has 0 aliphatic heterocycles. The lowest BCUT2D eigenvalue weighted by Crippen LogP contribution is -2.28. The normalized spacial score (nSPS) is 12.3. The summed E-state index contributed by atoms with van der Waals surface area (Å²) in [5, 5.41) is 8.88. The lowest BCUT2D eigenvalue weighted by atomic mass is 10.1. The highest BCUT2D eigenvalue weighted by molar-refractivity contribution is 5.69. The van der Waals surface area contributed by atoms with Crippen molar-refractivity contribution in [2.45, 2.75) is 13.5 Å². The van der Waals surface area contributed by atoms with Crippen LogP contribution in [-0.2, 0) is 11.3 Å². The Morgan fingerprint density at radius 1 is 1.32 bits per heavy atom. The molecule has 0 saturated heterocycles. The van der Waals surface area contributed by atoms with Gasteiger partial charge in [0, 0.05) is 13.1 Å². The largest absolute Gasteiger partial charge is 0.493 e. The molecule has 1 N–H and O–H groups in total. The lowest BCUT2D eigenvalue weighted by molar-refractivity contribution is -0.141. The van der Waals surface area contributed by atoms with Crippen LogP contribution in [0.5, 0.6) is 11.5 Å². The molecule has 5 heteroatoms. The molecule has 0 bridgehead atoms. The van der Waals surface area contributed by atoms with E-state index in [1.807, 2.05) is 30.1 Å². The first-order valence-corrected chi connectivity index (χ1v) is 6.10. The maximum Gasteiger partial charge on any atom is 0.307 e. The van der Waals surface area contributed by atoms with Gasteiger partial charge in [-0.1, -0.05) is 13.0 Å². The maximum absolute atomic E-state index is 10.8. The first-order chi connectivity index (χ1) is 8.97. The Labute approximate surface area is 113 Å². The van der Waals surface area contributed by atoms with Gasteiger partial charge in [-0.05, 0) is 24.7 Å². The van der Waals surface area contributed by atoms with E-state index in [2.05, 4.69) is 0 Å². The van der Waals surface area contributed by atoms with Gasteiger partial charge >= 0.3 is 5.97 Å². The predicted molar refractivity (Wildman–Crippen MR) is 72.7 cm³/mol. The SMILES string of the molecule is COc1ccc(CN(C)CC(C)C(=O)O)cc1OC. The van der Waals surface area contributed by atoms with Crippen LogP contribution < -0.4 is 9.47 Å². The molecule has 106 valence electrons. The highest BCUT2D eigenvalue weighted by Crippen LogP contribution is 2.27. The van der Waals surface area contributed by atoms with Crippen molar-refractivity contribution in [3.05, 3.63) is 23.8 Å². The molecule has 0 fully saturated rings. The fraction of sp³-hybridized carbons (Fsp3) is 0.500. The molecule has 0 radical (unpaired) electrons. The molecule has 1 rings (SSSR count). The molecule has 0 heterocycles. The molecular weight excluding hydrogens is 246 g/mol. The van der Waals surface area contributed by atoms with Crippen LogP contribution in [0.1, 0.15) is 12.5 Å². The van der Waals surface area contributed by atoms with Crippen molar-refractivity contribution in [2.75, 3.05) is 27.8 Å². The monoisotopic (exact) mass is 267 g/mol. The molecule has 5 nitrogen and oxygen atoms in total. The zero-order chi connectivity index (χ0) is 14.4. The first kappa shape index (κ1) is 15.3. The average molecular weight is 267 g/mol. The number of carboxylic acid groups (broad SMARTS) is 1. The summed E-state index contributed by atoms with van der Waals surface area (Å²) in [5.74, 6) is 0.205. The van der Waals surface area contributed by atoms with Crippen LogP contribution in [0.2, 0.25) is 0 Å². The van der Waals surface area contributed by atoms with Crippen molar-refractivity contribution in [1.29, 1.82) is 0 Å². The fourth-order valence-electron chi connectivity index (χ4n) is 1.90. The van der Waals surface area contributed by atoms with E-state index in [1.165, 1.54) is 0 Å². The molecule has 1 aromatic carbocycles. The Balaban J connectivity index is 2.69. The van der Waals surface area contributed by atoms with Crippen LogP contribution >= 0.6 is 0 Å². The van der Waals surface area contributed by atoms with Gasteiger partial charge in [0.2, 0.25) is 0 Å². The Bertz CT molecular complexity index is 433. The van der Waals surface area contributed by atoms with E-state index >= 15 is 0 Å². The van der Waals surface area contributed by atoms with Crippen molar-refractivity contribution in [2.24, 2.45) is 5.92 Å². The topological polar surface area (TPSA) is 59.0 Å². The number of aliphatic carboxylic acids is 1. The Kier molecular flexibility index (Phi) is 5.63. The fourth-order valence-corrected chi connectivity index (χ4v) is 1.90. The van der Waals surface area contributed by atoms with Crippen LogP contribution in [0.25, 0.3) is 0 Å². The smallest absolute Gasteiger partial charge is 0.307 e. The van der Waals surface area contributed by atoms with Gasteiger partial charge in [0.05, 0.1) is 20.1 Å². The third kappa shape index (κ3) is 4.44. The summed E-state index contributed by atoms with van der Waals surface area (Å²) in [5.41, 5.74) is 1.05. The zero-order valence-electron chi connectivity index (χ0n) is 11.8. The minimum Gasteiger partial charge on any atom is -0.493 e. The van der Waals surface area contributed by atoms with Crippen LogP contribution in [0.3, 0.4) is 0 Å². The molecule has 1 aromatic rings. The molecule has 0 saturated carbocycles. The number of benzene rings is 1. The van der Waals surface area contributed by atoms with E-state index in [9.17, 15) is 4.79 Å². The summed E-state index contributed by atoms with van der Waals surface area (Å²) in [6, 6.07) is 5.70. The van der Waals surface area contributed by atoms with Gasteiger partial charge in [0.25, 0.3) is 0 Å². The molecule has 0 amide bonds. The van der Waals surface area contributed by atoms with Crippen molar-refractivity contribution in [3.8, 4) is 11.5 Å². The minimum absolute atomic E-state index is 0.384. The van der Waals surface area contributed by atoms with Crippen LogP contribution in [0.4, 0.5) is 0 Å². The van der Waals surface area contributed by atoms with Crippen LogP contribution in [0, 0.1) is 5.92 Å². The van der Waals surface area contributed by atoms with Gasteiger partial charge in [0.1, 0.15) is 0 Å². The predicted octanol–water partition coefficient (Wildman–Crippen LogP) is 1.86. The van der Waals surface area contributed by atoms with Gasteiger partial charge in [-0.3, -0.25) is 4.79 Å². The van der Waals surface area contributed by atoms with Gasteiger partial charge in [-0.15, -0.1) is 0 Å². The molecule has 1 atom stereocenters. The number of rotatable bonds is 7.